The Kier molecular flexibility index (Phi) is 5.48. The number of fused-ring (bicyclic) bond motifs is 1. The van der Waals surface area contributed by atoms with Crippen molar-refractivity contribution < 1.29 is 17.3 Å². The van der Waals surface area contributed by atoms with Crippen molar-refractivity contribution >= 4 is 20.9 Å². The lowest BCUT2D eigenvalue weighted by Gasteiger charge is -2.16. The van der Waals surface area contributed by atoms with Crippen molar-refractivity contribution in [2.75, 3.05) is 6.67 Å². The molecule has 3 heterocycles. The van der Waals surface area contributed by atoms with Gasteiger partial charge in [0.15, 0.2) is 5.76 Å². The normalized spacial score (nSPS) is 15.1. The molecule has 0 radical (unpaired) electrons. The topological polar surface area (TPSA) is 134 Å². The van der Waals surface area contributed by atoms with Crippen LogP contribution in [0.2, 0.25) is 0 Å². The summed E-state index contributed by atoms with van der Waals surface area (Å²) in [6, 6.07) is 5.55. The maximum Gasteiger partial charge on any atom is 0.332 e. The summed E-state index contributed by atoms with van der Waals surface area (Å²) in [5.74, 6) is 0.304. The second-order valence-corrected chi connectivity index (χ2v) is 10.6. The second kappa shape index (κ2) is 8.27. The van der Waals surface area contributed by atoms with Crippen LogP contribution in [0, 0.1) is 6.92 Å². The summed E-state index contributed by atoms with van der Waals surface area (Å²) in [5, 5.41) is 7.94. The van der Waals surface area contributed by atoms with Crippen molar-refractivity contribution in [2.24, 2.45) is 7.05 Å². The van der Waals surface area contributed by atoms with Gasteiger partial charge in [0.05, 0.1) is 46.3 Å². The van der Waals surface area contributed by atoms with E-state index in [9.17, 15) is 22.4 Å². The largest absolute Gasteiger partial charge is 0.359 e. The third-order valence-corrected chi connectivity index (χ3v) is 7.63. The first-order chi connectivity index (χ1) is 16.6. The van der Waals surface area contributed by atoms with E-state index in [0.717, 1.165) is 4.57 Å². The molecule has 184 valence electrons. The molecule has 13 heteroatoms. The quantitative estimate of drug-likeness (QED) is 0.381. The zero-order valence-corrected chi connectivity index (χ0v) is 19.9. The zero-order chi connectivity index (χ0) is 25.0. The van der Waals surface area contributed by atoms with Gasteiger partial charge in [-0.05, 0) is 38.0 Å². The SMILES string of the molecule is Cc1cc(Cn2c(=O)c3cc(S(=O)(=O)NC4(CF)CC4)ccc3n(Cc3cnn(C)c3)c2=O)on1. The van der Waals surface area contributed by atoms with Crippen molar-refractivity contribution in [3.05, 3.63) is 74.5 Å². The molecular formula is C22H23FN6O5S. The summed E-state index contributed by atoms with van der Waals surface area (Å²) in [4.78, 5) is 26.6. The number of aromatic nitrogens is 5. The molecule has 4 aromatic rings. The van der Waals surface area contributed by atoms with Gasteiger partial charge in [-0.15, -0.1) is 0 Å². The Morgan fingerprint density at radius 1 is 1.17 bits per heavy atom. The summed E-state index contributed by atoms with van der Waals surface area (Å²) in [6.07, 6.45) is 4.15. The fourth-order valence-corrected chi connectivity index (χ4v) is 5.47. The van der Waals surface area contributed by atoms with Gasteiger partial charge in [-0.2, -0.15) is 5.10 Å². The highest BCUT2D eigenvalue weighted by Crippen LogP contribution is 2.37. The Bertz CT molecular complexity index is 1660. The van der Waals surface area contributed by atoms with Gasteiger partial charge in [-0.3, -0.25) is 18.6 Å². The molecule has 1 fully saturated rings. The van der Waals surface area contributed by atoms with E-state index < -0.39 is 33.5 Å². The van der Waals surface area contributed by atoms with E-state index in [2.05, 4.69) is 15.0 Å². The monoisotopic (exact) mass is 502 g/mol. The standard InChI is InChI=1S/C22H23FN6O5S/c1-14-7-16(34-25-14)12-29-20(30)18-8-17(35(32,33)26-22(13-23)5-6-22)3-4-19(18)28(21(29)31)11-15-9-24-27(2)10-15/h3-4,7-10,26H,5-6,11-13H2,1-2H3. The van der Waals surface area contributed by atoms with Crippen LogP contribution >= 0.6 is 0 Å². The van der Waals surface area contributed by atoms with Crippen LogP contribution < -0.4 is 16.0 Å². The fraction of sp³-hybridized carbons (Fsp3) is 0.364. The third-order valence-electron chi connectivity index (χ3n) is 6.06. The molecule has 0 saturated heterocycles. The molecule has 1 aliphatic rings. The smallest absolute Gasteiger partial charge is 0.332 e. The molecule has 0 amide bonds. The van der Waals surface area contributed by atoms with E-state index in [1.807, 2.05) is 0 Å². The van der Waals surface area contributed by atoms with Crippen LogP contribution in [0.3, 0.4) is 0 Å². The molecule has 0 bridgehead atoms. The van der Waals surface area contributed by atoms with Gasteiger partial charge in [0, 0.05) is 24.9 Å². The number of nitrogens with one attached hydrogen (secondary N) is 1. The second-order valence-electron chi connectivity index (χ2n) is 8.92. The summed E-state index contributed by atoms with van der Waals surface area (Å²) >= 11 is 0. The van der Waals surface area contributed by atoms with Crippen molar-refractivity contribution in [1.82, 2.24) is 28.8 Å². The summed E-state index contributed by atoms with van der Waals surface area (Å²) in [5.41, 5.74) is -0.787. The molecule has 1 aliphatic carbocycles. The molecule has 0 atom stereocenters. The lowest BCUT2D eigenvalue weighted by atomic mass is 10.2. The minimum atomic E-state index is -4.09. The number of alkyl halides is 1. The Balaban J connectivity index is 1.68. The number of aryl methyl sites for hydroxylation is 2. The molecule has 1 N–H and O–H groups in total. The van der Waals surface area contributed by atoms with Crippen LogP contribution in [0.15, 0.2) is 55.7 Å². The van der Waals surface area contributed by atoms with E-state index >= 15 is 0 Å². The predicted octanol–water partition coefficient (Wildman–Crippen LogP) is 1.07. The highest BCUT2D eigenvalue weighted by atomic mass is 32.2. The highest BCUT2D eigenvalue weighted by Gasteiger charge is 2.46. The minimum absolute atomic E-state index is 0.0256. The lowest BCUT2D eigenvalue weighted by molar-refractivity contribution is 0.368. The maximum atomic E-state index is 13.4. The first-order valence-corrected chi connectivity index (χ1v) is 12.4. The van der Waals surface area contributed by atoms with Crippen LogP contribution in [0.1, 0.15) is 29.9 Å². The Hall–Kier alpha value is -3.58. The molecule has 35 heavy (non-hydrogen) atoms. The number of rotatable bonds is 8. The number of nitrogens with zero attached hydrogens (tertiary/aromatic N) is 5. The molecule has 11 nitrogen and oxygen atoms in total. The molecule has 0 unspecified atom stereocenters. The van der Waals surface area contributed by atoms with Crippen molar-refractivity contribution in [2.45, 2.75) is 43.3 Å². The predicted molar refractivity (Wildman–Crippen MR) is 123 cm³/mol. The average Bonchev–Trinajstić information content (AvgIpc) is 3.26. The van der Waals surface area contributed by atoms with Gasteiger partial charge in [-0.1, -0.05) is 5.16 Å². The molecule has 5 rings (SSSR count). The van der Waals surface area contributed by atoms with Crippen LogP contribution in [0.25, 0.3) is 10.9 Å². The Morgan fingerprint density at radius 2 is 1.94 bits per heavy atom. The number of halogens is 1. The van der Waals surface area contributed by atoms with Gasteiger partial charge < -0.3 is 4.52 Å². The number of hydrogen-bond donors (Lipinski definition) is 1. The van der Waals surface area contributed by atoms with E-state index in [4.69, 9.17) is 4.52 Å². The Morgan fingerprint density at radius 3 is 2.54 bits per heavy atom. The molecule has 1 aromatic carbocycles. The van der Waals surface area contributed by atoms with Crippen LogP contribution in [-0.2, 0) is 30.2 Å². The first-order valence-electron chi connectivity index (χ1n) is 10.9. The minimum Gasteiger partial charge on any atom is -0.359 e. The van der Waals surface area contributed by atoms with Gasteiger partial charge in [0.1, 0.15) is 6.67 Å². The zero-order valence-electron chi connectivity index (χ0n) is 19.1. The Labute approximate surface area is 198 Å². The number of benzene rings is 1. The third kappa shape index (κ3) is 4.32. The van der Waals surface area contributed by atoms with Crippen molar-refractivity contribution in [1.29, 1.82) is 0 Å². The van der Waals surface area contributed by atoms with Gasteiger partial charge in [0.25, 0.3) is 5.56 Å². The maximum absolute atomic E-state index is 13.4. The number of sulfonamides is 1. The fourth-order valence-electron chi connectivity index (χ4n) is 4.00. The van der Waals surface area contributed by atoms with Gasteiger partial charge in [0.2, 0.25) is 10.0 Å². The van der Waals surface area contributed by atoms with Crippen LogP contribution in [0.5, 0.6) is 0 Å². The van der Waals surface area contributed by atoms with E-state index in [1.54, 1.807) is 37.1 Å². The van der Waals surface area contributed by atoms with Gasteiger partial charge >= 0.3 is 5.69 Å². The van der Waals surface area contributed by atoms with Crippen LogP contribution in [-0.4, -0.2) is 44.7 Å². The summed E-state index contributed by atoms with van der Waals surface area (Å²) in [6.45, 7) is 0.828. The van der Waals surface area contributed by atoms with Crippen molar-refractivity contribution in [3.63, 3.8) is 0 Å². The van der Waals surface area contributed by atoms with Crippen molar-refractivity contribution in [3.8, 4) is 0 Å². The molecular weight excluding hydrogens is 479 g/mol. The van der Waals surface area contributed by atoms with E-state index in [1.165, 1.54) is 22.8 Å². The summed E-state index contributed by atoms with van der Waals surface area (Å²) in [7, 11) is -2.35. The van der Waals surface area contributed by atoms with Crippen LogP contribution in [0.4, 0.5) is 4.39 Å². The van der Waals surface area contributed by atoms with E-state index in [-0.39, 0.29) is 28.9 Å². The average molecular weight is 503 g/mol. The lowest BCUT2D eigenvalue weighted by Crippen LogP contribution is -2.41. The first kappa shape index (κ1) is 23.2. The summed E-state index contributed by atoms with van der Waals surface area (Å²) < 4.78 is 50.7. The molecule has 1 saturated carbocycles. The number of hydrogen-bond acceptors (Lipinski definition) is 7. The van der Waals surface area contributed by atoms with E-state index in [0.29, 0.717) is 29.9 Å². The molecule has 0 aliphatic heterocycles. The van der Waals surface area contributed by atoms with Gasteiger partial charge in [-0.25, -0.2) is 22.3 Å². The molecule has 3 aromatic heterocycles. The highest BCUT2D eigenvalue weighted by molar-refractivity contribution is 7.89. The molecule has 0 spiro atoms.